The van der Waals surface area contributed by atoms with Crippen molar-refractivity contribution in [1.82, 2.24) is 4.23 Å². The van der Waals surface area contributed by atoms with E-state index in [2.05, 4.69) is 104 Å². The maximum atomic E-state index is 2.88. The number of nitrogens with zero attached hydrogens (tertiary/aromatic N) is 1. The Morgan fingerprint density at radius 3 is 1.71 bits per heavy atom. The van der Waals surface area contributed by atoms with Gasteiger partial charge in [0.25, 0.3) is 0 Å². The molecule has 2 aromatic rings. The maximum Gasteiger partial charge on any atom is 0.195 e. The Balaban J connectivity index is 2.17. The lowest BCUT2D eigenvalue weighted by Crippen LogP contribution is -2.64. The SMILES string of the molecule is CC1=C(N([SiH](c2ccccc2)c2ccccc2)[Si](C)(C)C)CC=C1. The molecule has 0 heterocycles. The number of rotatable bonds is 5. The fraction of sp³-hybridized carbons (Fsp3) is 0.238. The predicted molar refractivity (Wildman–Crippen MR) is 111 cm³/mol. The summed E-state index contributed by atoms with van der Waals surface area (Å²) in [5.74, 6) is 0. The zero-order valence-corrected chi connectivity index (χ0v) is 17.3. The average molecular weight is 350 g/mol. The van der Waals surface area contributed by atoms with Crippen LogP contribution in [0.3, 0.4) is 0 Å². The molecule has 3 rings (SSSR count). The first-order valence-electron chi connectivity index (χ1n) is 8.74. The molecule has 0 unspecified atom stereocenters. The van der Waals surface area contributed by atoms with Crippen LogP contribution >= 0.6 is 0 Å². The van der Waals surface area contributed by atoms with Gasteiger partial charge in [0.2, 0.25) is 0 Å². The monoisotopic (exact) mass is 349 g/mol. The van der Waals surface area contributed by atoms with E-state index in [1.165, 1.54) is 15.9 Å². The van der Waals surface area contributed by atoms with E-state index in [-0.39, 0.29) is 0 Å². The van der Waals surface area contributed by atoms with Crippen molar-refractivity contribution in [3.8, 4) is 0 Å². The van der Waals surface area contributed by atoms with Crippen LogP contribution in [0.15, 0.2) is 84.1 Å². The molecule has 124 valence electrons. The van der Waals surface area contributed by atoms with Gasteiger partial charge in [0.05, 0.1) is 0 Å². The first-order chi connectivity index (χ1) is 11.5. The lowest BCUT2D eigenvalue weighted by molar-refractivity contribution is 0.758. The van der Waals surface area contributed by atoms with E-state index in [0.717, 1.165) is 6.42 Å². The molecule has 0 fully saturated rings. The van der Waals surface area contributed by atoms with Gasteiger partial charge in [-0.05, 0) is 22.9 Å². The van der Waals surface area contributed by atoms with Gasteiger partial charge in [-0.2, -0.15) is 0 Å². The first kappa shape index (κ1) is 17.0. The largest absolute Gasteiger partial charge is 0.423 e. The zero-order valence-electron chi connectivity index (χ0n) is 15.2. The summed E-state index contributed by atoms with van der Waals surface area (Å²) in [5, 5.41) is 3.02. The molecule has 1 aliphatic rings. The second-order valence-electron chi connectivity index (χ2n) is 7.50. The third-order valence-corrected chi connectivity index (χ3v) is 12.3. The highest BCUT2D eigenvalue weighted by Gasteiger charge is 2.36. The molecule has 1 nitrogen and oxygen atoms in total. The Morgan fingerprint density at radius 2 is 1.33 bits per heavy atom. The van der Waals surface area contributed by atoms with Crippen molar-refractivity contribution >= 4 is 27.6 Å². The van der Waals surface area contributed by atoms with E-state index in [9.17, 15) is 0 Å². The third-order valence-electron chi connectivity index (χ3n) is 4.64. The van der Waals surface area contributed by atoms with Gasteiger partial charge >= 0.3 is 0 Å². The molecule has 2 aromatic carbocycles. The summed E-state index contributed by atoms with van der Waals surface area (Å²) < 4.78 is 2.88. The van der Waals surface area contributed by atoms with E-state index >= 15 is 0 Å². The highest BCUT2D eigenvalue weighted by atomic mass is 28.4. The summed E-state index contributed by atoms with van der Waals surface area (Å²) >= 11 is 0. The van der Waals surface area contributed by atoms with Crippen LogP contribution < -0.4 is 10.4 Å². The molecule has 0 atom stereocenters. The van der Waals surface area contributed by atoms with Gasteiger partial charge in [-0.1, -0.05) is 92.5 Å². The summed E-state index contributed by atoms with van der Waals surface area (Å²) in [4.78, 5) is 0. The molecule has 0 saturated carbocycles. The smallest absolute Gasteiger partial charge is 0.195 e. The summed E-state index contributed by atoms with van der Waals surface area (Å²) in [5.41, 5.74) is 3.00. The van der Waals surface area contributed by atoms with Crippen LogP contribution in [0.25, 0.3) is 0 Å². The maximum absolute atomic E-state index is 2.88. The minimum atomic E-state index is -1.52. The van der Waals surface area contributed by atoms with E-state index in [4.69, 9.17) is 0 Å². The van der Waals surface area contributed by atoms with E-state index < -0.39 is 17.2 Å². The Hall–Kier alpha value is -1.85. The van der Waals surface area contributed by atoms with Gasteiger partial charge in [0.15, 0.2) is 8.96 Å². The Labute approximate surface area is 149 Å². The van der Waals surface area contributed by atoms with Crippen molar-refractivity contribution in [1.29, 1.82) is 0 Å². The topological polar surface area (TPSA) is 3.24 Å². The summed E-state index contributed by atoms with van der Waals surface area (Å²) in [6.07, 6.45) is 5.70. The number of hydrogen-bond donors (Lipinski definition) is 0. The number of hydrogen-bond acceptors (Lipinski definition) is 1. The van der Waals surface area contributed by atoms with Gasteiger partial charge in [0.1, 0.15) is 8.24 Å². The van der Waals surface area contributed by atoms with Gasteiger partial charge in [-0.15, -0.1) is 0 Å². The minimum Gasteiger partial charge on any atom is -0.423 e. The fourth-order valence-electron chi connectivity index (χ4n) is 3.60. The molecule has 0 spiro atoms. The van der Waals surface area contributed by atoms with Gasteiger partial charge in [-0.3, -0.25) is 0 Å². The number of allylic oxidation sites excluding steroid dienone is 3. The molecular weight excluding hydrogens is 322 g/mol. The third kappa shape index (κ3) is 3.47. The molecule has 0 aliphatic heterocycles. The Kier molecular flexibility index (Phi) is 4.92. The van der Waals surface area contributed by atoms with Crippen molar-refractivity contribution in [3.63, 3.8) is 0 Å². The normalized spacial score (nSPS) is 14.5. The van der Waals surface area contributed by atoms with Crippen LogP contribution in [-0.4, -0.2) is 21.4 Å². The summed E-state index contributed by atoms with van der Waals surface area (Å²) in [7, 11) is -3.01. The van der Waals surface area contributed by atoms with Crippen LogP contribution in [0, 0.1) is 0 Å². The van der Waals surface area contributed by atoms with Crippen LogP contribution in [0.2, 0.25) is 19.6 Å². The van der Waals surface area contributed by atoms with Crippen LogP contribution in [0.5, 0.6) is 0 Å². The van der Waals surface area contributed by atoms with E-state index in [1.807, 2.05) is 0 Å². The minimum absolute atomic E-state index is 1.08. The fourth-order valence-corrected chi connectivity index (χ4v) is 11.4. The van der Waals surface area contributed by atoms with Gasteiger partial charge in [-0.25, -0.2) is 0 Å². The lowest BCUT2D eigenvalue weighted by Gasteiger charge is -2.44. The van der Waals surface area contributed by atoms with Crippen LogP contribution in [0.4, 0.5) is 0 Å². The summed E-state index contributed by atoms with van der Waals surface area (Å²) in [6.45, 7) is 9.72. The Morgan fingerprint density at radius 1 is 0.833 bits per heavy atom. The van der Waals surface area contributed by atoms with Crippen molar-refractivity contribution < 1.29 is 0 Å². The lowest BCUT2D eigenvalue weighted by atomic mass is 10.3. The highest BCUT2D eigenvalue weighted by molar-refractivity contribution is 6.94. The Bertz CT molecular complexity index is 703. The molecule has 0 N–H and O–H groups in total. The summed E-state index contributed by atoms with van der Waals surface area (Å²) in [6, 6.07) is 22.3. The van der Waals surface area contributed by atoms with Crippen molar-refractivity contribution in [2.45, 2.75) is 33.0 Å². The predicted octanol–water partition coefficient (Wildman–Crippen LogP) is 3.90. The average Bonchev–Trinajstić information content (AvgIpc) is 2.98. The van der Waals surface area contributed by atoms with Crippen LogP contribution in [0.1, 0.15) is 13.3 Å². The van der Waals surface area contributed by atoms with Crippen LogP contribution in [-0.2, 0) is 0 Å². The second-order valence-corrected chi connectivity index (χ2v) is 15.5. The van der Waals surface area contributed by atoms with E-state index in [0.29, 0.717) is 0 Å². The second kappa shape index (κ2) is 6.95. The quantitative estimate of drug-likeness (QED) is 0.740. The highest BCUT2D eigenvalue weighted by Crippen LogP contribution is 2.28. The molecule has 24 heavy (non-hydrogen) atoms. The standard InChI is InChI=1S/C21H27NSi2/c1-18-12-11-17-21(18)22(24(2,3)4)23(19-13-7-5-8-14-19)20-15-9-6-10-16-20/h5-16,23H,17H2,1-4H3. The molecular formula is C21H27NSi2. The molecule has 0 aromatic heterocycles. The molecule has 0 bridgehead atoms. The first-order valence-corrected chi connectivity index (χ1v) is 13.9. The molecule has 0 amide bonds. The number of benzene rings is 2. The van der Waals surface area contributed by atoms with E-state index in [1.54, 1.807) is 5.70 Å². The molecule has 0 saturated heterocycles. The van der Waals surface area contributed by atoms with Gasteiger partial charge in [0, 0.05) is 12.1 Å². The van der Waals surface area contributed by atoms with Crippen molar-refractivity contribution in [2.75, 3.05) is 0 Å². The molecule has 0 radical (unpaired) electrons. The van der Waals surface area contributed by atoms with Crippen molar-refractivity contribution in [2.24, 2.45) is 0 Å². The van der Waals surface area contributed by atoms with Crippen molar-refractivity contribution in [3.05, 3.63) is 84.1 Å². The molecule has 1 aliphatic carbocycles. The molecule has 3 heteroatoms. The zero-order chi connectivity index (χ0) is 17.2. The van der Waals surface area contributed by atoms with Gasteiger partial charge < -0.3 is 4.23 Å².